The van der Waals surface area contributed by atoms with E-state index in [9.17, 15) is 9.18 Å². The van der Waals surface area contributed by atoms with Crippen molar-refractivity contribution in [2.45, 2.75) is 11.8 Å². The van der Waals surface area contributed by atoms with Crippen molar-refractivity contribution in [2.75, 3.05) is 5.75 Å². The van der Waals surface area contributed by atoms with Gasteiger partial charge in [0, 0.05) is 15.8 Å². The number of aromatic nitrogens is 1. The van der Waals surface area contributed by atoms with Crippen LogP contribution in [0.3, 0.4) is 0 Å². The van der Waals surface area contributed by atoms with Gasteiger partial charge in [-0.3, -0.25) is 4.79 Å². The van der Waals surface area contributed by atoms with Crippen LogP contribution in [0.1, 0.15) is 11.1 Å². The lowest BCUT2D eigenvalue weighted by atomic mass is 10.1. The average molecular weight is 388 g/mol. The number of fused-ring (bicyclic) bond motifs is 1. The Labute approximate surface area is 159 Å². The number of rotatable bonds is 5. The first-order valence-electron chi connectivity index (χ1n) is 7.79. The highest BCUT2D eigenvalue weighted by molar-refractivity contribution is 8.00. The van der Waals surface area contributed by atoms with Gasteiger partial charge in [0.15, 0.2) is 0 Å². The summed E-state index contributed by atoms with van der Waals surface area (Å²) in [5, 5.41) is 5.15. The first-order chi connectivity index (χ1) is 12.5. The molecule has 0 atom stereocenters. The summed E-state index contributed by atoms with van der Waals surface area (Å²) >= 11 is 7.28. The zero-order valence-corrected chi connectivity index (χ0v) is 15.4. The number of halogens is 2. The van der Waals surface area contributed by atoms with Crippen molar-refractivity contribution in [2.24, 2.45) is 5.10 Å². The summed E-state index contributed by atoms with van der Waals surface area (Å²) in [6.45, 7) is 1.99. The second kappa shape index (κ2) is 8.29. The van der Waals surface area contributed by atoms with Crippen LogP contribution in [-0.4, -0.2) is 22.9 Å². The van der Waals surface area contributed by atoms with Crippen molar-refractivity contribution in [3.05, 3.63) is 70.6 Å². The molecule has 0 aliphatic carbocycles. The highest BCUT2D eigenvalue weighted by Gasteiger charge is 2.06. The van der Waals surface area contributed by atoms with Crippen LogP contribution in [0.2, 0.25) is 5.15 Å². The summed E-state index contributed by atoms with van der Waals surface area (Å²) in [6.07, 6.45) is 1.44. The van der Waals surface area contributed by atoms with E-state index in [-0.39, 0.29) is 17.5 Å². The molecule has 1 heterocycles. The zero-order chi connectivity index (χ0) is 18.5. The lowest BCUT2D eigenvalue weighted by Crippen LogP contribution is -2.19. The molecule has 7 heteroatoms. The van der Waals surface area contributed by atoms with Gasteiger partial charge in [-0.05, 0) is 36.8 Å². The molecule has 4 nitrogen and oxygen atoms in total. The van der Waals surface area contributed by atoms with Crippen LogP contribution in [0, 0.1) is 12.7 Å². The van der Waals surface area contributed by atoms with Crippen molar-refractivity contribution >= 4 is 46.4 Å². The van der Waals surface area contributed by atoms with Gasteiger partial charge >= 0.3 is 0 Å². The van der Waals surface area contributed by atoms with E-state index in [2.05, 4.69) is 15.5 Å². The summed E-state index contributed by atoms with van der Waals surface area (Å²) in [7, 11) is 0. The Morgan fingerprint density at radius 3 is 2.92 bits per heavy atom. The fourth-order valence-electron chi connectivity index (χ4n) is 2.27. The first kappa shape index (κ1) is 18.4. The van der Waals surface area contributed by atoms with Gasteiger partial charge in [0.25, 0.3) is 0 Å². The molecule has 3 aromatic rings. The third kappa shape index (κ3) is 4.59. The molecule has 0 unspecified atom stereocenters. The van der Waals surface area contributed by atoms with E-state index in [1.807, 2.05) is 31.2 Å². The van der Waals surface area contributed by atoms with Crippen molar-refractivity contribution in [3.8, 4) is 0 Å². The van der Waals surface area contributed by atoms with Gasteiger partial charge in [-0.2, -0.15) is 5.10 Å². The maximum Gasteiger partial charge on any atom is 0.250 e. The van der Waals surface area contributed by atoms with E-state index in [0.717, 1.165) is 28.2 Å². The highest BCUT2D eigenvalue weighted by Crippen LogP contribution is 2.21. The number of hydrazone groups is 1. The van der Waals surface area contributed by atoms with Gasteiger partial charge in [-0.25, -0.2) is 14.8 Å². The van der Waals surface area contributed by atoms with Crippen molar-refractivity contribution in [1.29, 1.82) is 0 Å². The normalized spacial score (nSPS) is 11.2. The van der Waals surface area contributed by atoms with E-state index in [1.165, 1.54) is 12.3 Å². The van der Waals surface area contributed by atoms with E-state index in [1.54, 1.807) is 18.2 Å². The topological polar surface area (TPSA) is 54.4 Å². The number of amides is 1. The number of pyridine rings is 1. The molecule has 0 aliphatic rings. The number of carbonyl (C=O) groups is 1. The minimum absolute atomic E-state index is 0.0568. The SMILES string of the molecule is Cc1ccc2cc(/C=N\NC(=O)CSc3ccccc3F)c(Cl)nc2c1. The predicted molar refractivity (Wildman–Crippen MR) is 104 cm³/mol. The Morgan fingerprint density at radius 1 is 1.31 bits per heavy atom. The molecule has 1 N–H and O–H groups in total. The van der Waals surface area contributed by atoms with Crippen LogP contribution in [0.25, 0.3) is 10.9 Å². The standard InChI is InChI=1S/C19H15ClFN3OS/c1-12-6-7-13-9-14(19(20)23-16(13)8-12)10-22-24-18(25)11-26-17-5-3-2-4-15(17)21/h2-10H,11H2,1H3,(H,24,25)/b22-10-. The van der Waals surface area contributed by atoms with Gasteiger partial charge in [0.05, 0.1) is 17.5 Å². The first-order valence-corrected chi connectivity index (χ1v) is 9.15. The number of thioether (sulfide) groups is 1. The smallest absolute Gasteiger partial charge is 0.250 e. The molecular weight excluding hydrogens is 373 g/mol. The molecule has 0 fully saturated rings. The Hall–Kier alpha value is -2.44. The maximum absolute atomic E-state index is 13.5. The number of nitrogens with zero attached hydrogens (tertiary/aromatic N) is 2. The molecule has 0 saturated carbocycles. The van der Waals surface area contributed by atoms with Crippen LogP contribution in [-0.2, 0) is 4.79 Å². The summed E-state index contributed by atoms with van der Waals surface area (Å²) in [5.41, 5.74) is 4.91. The number of aryl methyl sites for hydroxylation is 1. The molecule has 3 rings (SSSR count). The molecule has 2 aromatic carbocycles. The average Bonchev–Trinajstić information content (AvgIpc) is 2.61. The third-order valence-corrected chi connectivity index (χ3v) is 4.89. The van der Waals surface area contributed by atoms with E-state index in [0.29, 0.717) is 15.6 Å². The minimum Gasteiger partial charge on any atom is -0.272 e. The Bertz CT molecular complexity index is 994. The monoisotopic (exact) mass is 387 g/mol. The van der Waals surface area contributed by atoms with E-state index < -0.39 is 0 Å². The van der Waals surface area contributed by atoms with Gasteiger partial charge < -0.3 is 0 Å². The molecular formula is C19H15ClFN3OS. The molecule has 0 saturated heterocycles. The summed E-state index contributed by atoms with van der Waals surface area (Å²) in [5.74, 6) is -0.630. The second-order valence-electron chi connectivity index (χ2n) is 5.58. The summed E-state index contributed by atoms with van der Waals surface area (Å²) in [4.78, 5) is 16.6. The maximum atomic E-state index is 13.5. The van der Waals surface area contributed by atoms with Crippen LogP contribution in [0.5, 0.6) is 0 Å². The van der Waals surface area contributed by atoms with Gasteiger partial charge in [0.1, 0.15) is 11.0 Å². The highest BCUT2D eigenvalue weighted by atomic mass is 35.5. The van der Waals surface area contributed by atoms with Crippen molar-refractivity contribution in [3.63, 3.8) is 0 Å². The Balaban J connectivity index is 1.62. The molecule has 26 heavy (non-hydrogen) atoms. The van der Waals surface area contributed by atoms with Crippen LogP contribution < -0.4 is 5.43 Å². The molecule has 0 bridgehead atoms. The number of hydrogen-bond donors (Lipinski definition) is 1. The summed E-state index contributed by atoms with van der Waals surface area (Å²) in [6, 6.07) is 14.0. The largest absolute Gasteiger partial charge is 0.272 e. The molecule has 1 aromatic heterocycles. The third-order valence-electron chi connectivity index (χ3n) is 3.54. The minimum atomic E-state index is -0.349. The predicted octanol–water partition coefficient (Wildman–Crippen LogP) is 4.58. The number of hydrogen-bond acceptors (Lipinski definition) is 4. The quantitative estimate of drug-likeness (QED) is 0.302. The van der Waals surface area contributed by atoms with Gasteiger partial charge in [-0.1, -0.05) is 35.9 Å². The molecule has 1 amide bonds. The molecule has 0 spiro atoms. The van der Waals surface area contributed by atoms with Crippen LogP contribution in [0.15, 0.2) is 58.5 Å². The summed E-state index contributed by atoms with van der Waals surface area (Å²) < 4.78 is 13.5. The number of benzene rings is 2. The molecule has 0 aliphatic heterocycles. The van der Waals surface area contributed by atoms with Gasteiger partial charge in [-0.15, -0.1) is 11.8 Å². The fourth-order valence-corrected chi connectivity index (χ4v) is 3.20. The number of carbonyl (C=O) groups excluding carboxylic acids is 1. The van der Waals surface area contributed by atoms with Crippen molar-refractivity contribution in [1.82, 2.24) is 10.4 Å². The fraction of sp³-hybridized carbons (Fsp3) is 0.105. The van der Waals surface area contributed by atoms with Gasteiger partial charge in [0.2, 0.25) is 5.91 Å². The Morgan fingerprint density at radius 2 is 2.12 bits per heavy atom. The lowest BCUT2D eigenvalue weighted by molar-refractivity contribution is -0.118. The number of nitrogens with one attached hydrogen (secondary N) is 1. The molecule has 0 radical (unpaired) electrons. The van der Waals surface area contributed by atoms with Crippen LogP contribution in [0.4, 0.5) is 4.39 Å². The van der Waals surface area contributed by atoms with Crippen LogP contribution >= 0.6 is 23.4 Å². The molecule has 132 valence electrons. The Kier molecular flexibility index (Phi) is 5.85. The second-order valence-corrected chi connectivity index (χ2v) is 6.95. The zero-order valence-electron chi connectivity index (χ0n) is 13.9. The van der Waals surface area contributed by atoms with Crippen molar-refractivity contribution < 1.29 is 9.18 Å². The lowest BCUT2D eigenvalue weighted by Gasteiger charge is -2.04. The van der Waals surface area contributed by atoms with E-state index in [4.69, 9.17) is 11.6 Å². The van der Waals surface area contributed by atoms with E-state index >= 15 is 0 Å².